The Balaban J connectivity index is 2.13. The molecule has 1 aromatic heterocycles. The summed E-state index contributed by atoms with van der Waals surface area (Å²) in [6.45, 7) is 0.330. The summed E-state index contributed by atoms with van der Waals surface area (Å²) < 4.78 is 50.1. The number of pyridine rings is 1. The van der Waals surface area contributed by atoms with Crippen LogP contribution < -0.4 is 9.47 Å². The van der Waals surface area contributed by atoms with Crippen LogP contribution in [0.25, 0.3) is 0 Å². The first-order valence-corrected chi connectivity index (χ1v) is 9.26. The van der Waals surface area contributed by atoms with E-state index in [1.807, 2.05) is 0 Å². The van der Waals surface area contributed by atoms with Crippen molar-refractivity contribution >= 4 is 59.4 Å². The number of aromatic nitrogens is 1. The Labute approximate surface area is 171 Å². The molecule has 0 fully saturated rings. The van der Waals surface area contributed by atoms with Gasteiger partial charge in [-0.15, -0.1) is 0 Å². The Kier molecular flexibility index (Phi) is 7.19. The predicted octanol–water partition coefficient (Wildman–Crippen LogP) is 7.32. The van der Waals surface area contributed by atoms with Crippen molar-refractivity contribution in [3.63, 3.8) is 0 Å². The molecule has 2 rings (SSSR count). The van der Waals surface area contributed by atoms with Crippen LogP contribution in [0.3, 0.4) is 0 Å². The number of alkyl halides is 3. The summed E-state index contributed by atoms with van der Waals surface area (Å²) in [7, 11) is 0. The average molecular weight is 566 g/mol. The van der Waals surface area contributed by atoms with E-state index in [4.69, 9.17) is 21.1 Å². The zero-order chi connectivity index (χ0) is 18.6. The fourth-order valence-electron chi connectivity index (χ4n) is 1.62. The highest BCUT2D eigenvalue weighted by Gasteiger charge is 2.31. The van der Waals surface area contributed by atoms with Crippen molar-refractivity contribution in [2.24, 2.45) is 0 Å². The minimum absolute atomic E-state index is 0.124. The molecule has 25 heavy (non-hydrogen) atoms. The van der Waals surface area contributed by atoms with Gasteiger partial charge in [0.1, 0.15) is 23.1 Å². The zero-order valence-electron chi connectivity index (χ0n) is 12.1. The minimum Gasteiger partial charge on any atom is -0.488 e. The van der Waals surface area contributed by atoms with E-state index in [2.05, 4.69) is 52.8 Å². The van der Waals surface area contributed by atoms with E-state index in [0.29, 0.717) is 28.8 Å². The number of hydrogen-bond acceptors (Lipinski definition) is 3. The average Bonchev–Trinajstić information content (AvgIpc) is 2.50. The molecule has 0 amide bonds. The van der Waals surface area contributed by atoms with Crippen LogP contribution in [-0.2, 0) is 6.18 Å². The molecule has 0 saturated carbocycles. The molecule has 0 aliphatic heterocycles. The van der Waals surface area contributed by atoms with Gasteiger partial charge in [-0.25, -0.2) is 4.98 Å². The van der Waals surface area contributed by atoms with E-state index in [9.17, 15) is 13.2 Å². The van der Waals surface area contributed by atoms with Crippen LogP contribution in [0.4, 0.5) is 13.2 Å². The number of hydrogen-bond donors (Lipinski definition) is 0. The molecule has 0 saturated heterocycles. The number of halogens is 7. The Morgan fingerprint density at radius 3 is 2.52 bits per heavy atom. The Bertz CT molecular complexity index is 796. The first kappa shape index (κ1) is 20.5. The zero-order valence-corrected chi connectivity index (χ0v) is 17.6. The minimum atomic E-state index is -4.52. The van der Waals surface area contributed by atoms with E-state index < -0.39 is 11.7 Å². The van der Waals surface area contributed by atoms with Gasteiger partial charge in [0.2, 0.25) is 5.88 Å². The van der Waals surface area contributed by atoms with E-state index >= 15 is 0 Å². The third-order valence-electron chi connectivity index (χ3n) is 2.73. The van der Waals surface area contributed by atoms with Gasteiger partial charge in [0.05, 0.1) is 13.4 Å². The monoisotopic (exact) mass is 563 g/mol. The van der Waals surface area contributed by atoms with Gasteiger partial charge in [0.15, 0.2) is 0 Å². The van der Waals surface area contributed by atoms with Crippen LogP contribution in [0.15, 0.2) is 44.4 Å². The maximum Gasteiger partial charge on any atom is 0.417 e. The van der Waals surface area contributed by atoms with Gasteiger partial charge >= 0.3 is 6.18 Å². The molecule has 3 nitrogen and oxygen atoms in total. The fourth-order valence-corrected chi connectivity index (χ4v) is 2.57. The van der Waals surface area contributed by atoms with Gasteiger partial charge in [-0.05, 0) is 78.1 Å². The maximum absolute atomic E-state index is 12.6. The van der Waals surface area contributed by atoms with Crippen molar-refractivity contribution in [2.45, 2.75) is 6.18 Å². The normalized spacial score (nSPS) is 11.2. The lowest BCUT2D eigenvalue weighted by Gasteiger charge is -2.11. The molecule has 0 N–H and O–H groups in total. The summed E-state index contributed by atoms with van der Waals surface area (Å²) in [6, 6.07) is 5.59. The van der Waals surface area contributed by atoms with Crippen LogP contribution in [0.2, 0.25) is 5.02 Å². The molecule has 0 radical (unpaired) electrons. The number of benzene rings is 1. The smallest absolute Gasteiger partial charge is 0.417 e. The lowest BCUT2D eigenvalue weighted by Crippen LogP contribution is -2.05. The first-order chi connectivity index (χ1) is 11.7. The van der Waals surface area contributed by atoms with Crippen LogP contribution in [0, 0.1) is 0 Å². The van der Waals surface area contributed by atoms with Crippen molar-refractivity contribution in [2.75, 3.05) is 6.61 Å². The molecule has 134 valence electrons. The second-order valence-corrected chi connectivity index (χ2v) is 8.54. The Hall–Kier alpha value is -0.770. The summed E-state index contributed by atoms with van der Waals surface area (Å²) in [5.74, 6) is 0.781. The quantitative estimate of drug-likeness (QED) is 0.380. The number of rotatable bonds is 5. The first-order valence-electron chi connectivity index (χ1n) is 6.51. The van der Waals surface area contributed by atoms with Crippen molar-refractivity contribution in [3.05, 3.63) is 55.0 Å². The maximum atomic E-state index is 12.6. The molecule has 0 aliphatic carbocycles. The highest BCUT2D eigenvalue weighted by molar-refractivity contribution is 9.28. The van der Waals surface area contributed by atoms with E-state index in [1.54, 1.807) is 24.3 Å². The summed E-state index contributed by atoms with van der Waals surface area (Å²) in [6.07, 6.45) is -2.09. The molecular formula is C15H8Br3ClF3NO2. The Morgan fingerprint density at radius 1 is 1.24 bits per heavy atom. The fraction of sp³-hybridized carbons (Fsp3) is 0.133. The molecule has 1 aromatic carbocycles. The van der Waals surface area contributed by atoms with Crippen LogP contribution in [0.5, 0.6) is 17.4 Å². The number of nitrogens with zero attached hydrogens (tertiary/aromatic N) is 1. The third-order valence-corrected chi connectivity index (χ3v) is 4.27. The summed E-state index contributed by atoms with van der Waals surface area (Å²) in [4.78, 5) is 3.62. The van der Waals surface area contributed by atoms with E-state index in [0.717, 1.165) is 9.46 Å². The van der Waals surface area contributed by atoms with Crippen LogP contribution in [0.1, 0.15) is 5.56 Å². The van der Waals surface area contributed by atoms with E-state index in [-0.39, 0.29) is 10.9 Å². The second-order valence-electron chi connectivity index (χ2n) is 4.51. The van der Waals surface area contributed by atoms with Crippen molar-refractivity contribution < 1.29 is 22.6 Å². The third kappa shape index (κ3) is 6.16. The van der Waals surface area contributed by atoms with Gasteiger partial charge in [-0.1, -0.05) is 11.6 Å². The molecule has 2 aromatic rings. The van der Waals surface area contributed by atoms with Gasteiger partial charge in [0, 0.05) is 6.20 Å². The van der Waals surface area contributed by atoms with Crippen molar-refractivity contribution in [1.29, 1.82) is 0 Å². The van der Waals surface area contributed by atoms with Gasteiger partial charge in [-0.3, -0.25) is 0 Å². The summed E-state index contributed by atoms with van der Waals surface area (Å²) in [5, 5.41) is -0.237. The van der Waals surface area contributed by atoms with Gasteiger partial charge in [-0.2, -0.15) is 13.2 Å². The highest BCUT2D eigenvalue weighted by atomic mass is 79.9. The molecule has 0 spiro atoms. The highest BCUT2D eigenvalue weighted by Crippen LogP contribution is 2.36. The molecule has 0 atom stereocenters. The standard InChI is InChI=1S/C15H8Br3ClF3NO2/c16-10-6-9(1-2-12(10)24-4-3-13(17)18)25-14-11(19)5-8(7-23-14)15(20,21)22/h1-3,5-7H,4H2. The lowest BCUT2D eigenvalue weighted by atomic mass is 10.3. The molecule has 0 bridgehead atoms. The lowest BCUT2D eigenvalue weighted by molar-refractivity contribution is -0.137. The summed E-state index contributed by atoms with van der Waals surface area (Å²) in [5.41, 5.74) is -0.944. The van der Waals surface area contributed by atoms with E-state index in [1.165, 1.54) is 0 Å². The van der Waals surface area contributed by atoms with Gasteiger partial charge in [0.25, 0.3) is 0 Å². The second kappa shape index (κ2) is 8.75. The molecule has 1 heterocycles. The largest absolute Gasteiger partial charge is 0.488 e. The van der Waals surface area contributed by atoms with Crippen LogP contribution in [-0.4, -0.2) is 11.6 Å². The molecule has 0 aliphatic rings. The molecule has 10 heteroatoms. The number of ether oxygens (including phenoxy) is 2. The van der Waals surface area contributed by atoms with Crippen molar-refractivity contribution in [1.82, 2.24) is 4.98 Å². The molecular weight excluding hydrogens is 558 g/mol. The molecule has 0 unspecified atom stereocenters. The topological polar surface area (TPSA) is 31.4 Å². The Morgan fingerprint density at radius 2 is 1.96 bits per heavy atom. The predicted molar refractivity (Wildman–Crippen MR) is 99.9 cm³/mol. The van der Waals surface area contributed by atoms with Crippen LogP contribution >= 0.6 is 59.4 Å². The van der Waals surface area contributed by atoms with Crippen molar-refractivity contribution in [3.8, 4) is 17.4 Å². The SMILES string of the molecule is FC(F)(F)c1cnc(Oc2ccc(OCC=C(Br)Br)c(Br)c2)c(Cl)c1. The summed E-state index contributed by atoms with van der Waals surface area (Å²) >= 11 is 15.6. The van der Waals surface area contributed by atoms with Gasteiger partial charge < -0.3 is 9.47 Å².